The van der Waals surface area contributed by atoms with Crippen molar-refractivity contribution >= 4 is 5.91 Å². The van der Waals surface area contributed by atoms with Gasteiger partial charge in [0.05, 0.1) is 11.7 Å². The first-order valence-electron chi connectivity index (χ1n) is 5.18. The Morgan fingerprint density at radius 2 is 2.31 bits per heavy atom. The molecule has 0 aliphatic heterocycles. The van der Waals surface area contributed by atoms with Crippen molar-refractivity contribution < 1.29 is 4.79 Å². The van der Waals surface area contributed by atoms with E-state index in [4.69, 9.17) is 5.84 Å². The molecular weight excluding hydrogens is 204 g/mol. The molecular formula is C11H18N4O. The Bertz CT molecular complexity index is 367. The highest BCUT2D eigenvalue weighted by Gasteiger charge is 2.17. The lowest BCUT2D eigenvalue weighted by molar-refractivity contribution is -0.125. The van der Waals surface area contributed by atoms with E-state index in [1.54, 1.807) is 6.92 Å². The minimum Gasteiger partial charge on any atom is -0.293 e. The largest absolute Gasteiger partial charge is 0.293 e. The van der Waals surface area contributed by atoms with Gasteiger partial charge in [0.15, 0.2) is 0 Å². The van der Waals surface area contributed by atoms with Crippen LogP contribution in [-0.2, 0) is 11.3 Å². The fraction of sp³-hybridized carbons (Fsp3) is 0.455. The molecule has 1 rings (SSSR count). The fourth-order valence-corrected chi connectivity index (χ4v) is 1.40. The number of rotatable bonds is 4. The number of pyridine rings is 1. The Kier molecular flexibility index (Phi) is 4.39. The summed E-state index contributed by atoms with van der Waals surface area (Å²) in [5, 5.41) is 0. The monoisotopic (exact) mass is 222 g/mol. The van der Waals surface area contributed by atoms with Crippen LogP contribution in [0.1, 0.15) is 18.3 Å². The van der Waals surface area contributed by atoms with Crippen molar-refractivity contribution in [3.05, 3.63) is 29.6 Å². The van der Waals surface area contributed by atoms with Gasteiger partial charge in [-0.1, -0.05) is 6.07 Å². The van der Waals surface area contributed by atoms with Crippen molar-refractivity contribution in [3.8, 4) is 0 Å². The summed E-state index contributed by atoms with van der Waals surface area (Å²) in [5.74, 6) is 4.89. The molecule has 0 bridgehead atoms. The van der Waals surface area contributed by atoms with E-state index in [9.17, 15) is 4.79 Å². The van der Waals surface area contributed by atoms with Crippen LogP contribution in [0.3, 0.4) is 0 Å². The smallest absolute Gasteiger partial charge is 0.250 e. The maximum absolute atomic E-state index is 11.3. The van der Waals surface area contributed by atoms with Gasteiger partial charge in [0.1, 0.15) is 0 Å². The molecule has 88 valence electrons. The third kappa shape index (κ3) is 3.29. The lowest BCUT2D eigenvalue weighted by atomic mass is 10.2. The van der Waals surface area contributed by atoms with Crippen molar-refractivity contribution in [2.45, 2.75) is 26.4 Å². The summed E-state index contributed by atoms with van der Waals surface area (Å²) in [6.07, 6.45) is 0. The van der Waals surface area contributed by atoms with Crippen LogP contribution in [0.5, 0.6) is 0 Å². The number of hydrogen-bond acceptors (Lipinski definition) is 4. The average Bonchev–Trinajstić information content (AvgIpc) is 2.27. The number of hydrogen-bond donors (Lipinski definition) is 2. The third-order valence-electron chi connectivity index (χ3n) is 2.54. The molecule has 0 saturated carbocycles. The highest BCUT2D eigenvalue weighted by molar-refractivity contribution is 5.80. The highest BCUT2D eigenvalue weighted by Crippen LogP contribution is 2.04. The number of aromatic nitrogens is 1. The average molecular weight is 222 g/mol. The van der Waals surface area contributed by atoms with E-state index < -0.39 is 0 Å². The van der Waals surface area contributed by atoms with E-state index in [2.05, 4.69) is 10.4 Å². The van der Waals surface area contributed by atoms with E-state index in [0.717, 1.165) is 11.4 Å². The second-order valence-corrected chi connectivity index (χ2v) is 3.87. The van der Waals surface area contributed by atoms with Crippen LogP contribution in [0.4, 0.5) is 0 Å². The van der Waals surface area contributed by atoms with Crippen molar-refractivity contribution in [3.63, 3.8) is 0 Å². The molecule has 1 aromatic rings. The molecule has 5 nitrogen and oxygen atoms in total. The van der Waals surface area contributed by atoms with Crippen LogP contribution in [0.2, 0.25) is 0 Å². The van der Waals surface area contributed by atoms with Gasteiger partial charge in [0.25, 0.3) is 5.91 Å². The predicted octanol–water partition coefficient (Wildman–Crippen LogP) is 0.200. The quantitative estimate of drug-likeness (QED) is 0.434. The number of nitrogens with two attached hydrogens (primary N) is 1. The molecule has 0 spiro atoms. The lowest BCUT2D eigenvalue weighted by Crippen LogP contribution is -2.45. The number of nitrogens with zero attached hydrogens (tertiary/aromatic N) is 2. The zero-order chi connectivity index (χ0) is 12.1. The number of carbonyl (C=O) groups is 1. The van der Waals surface area contributed by atoms with Crippen LogP contribution in [0.25, 0.3) is 0 Å². The summed E-state index contributed by atoms with van der Waals surface area (Å²) in [7, 11) is 1.86. The van der Waals surface area contributed by atoms with E-state index in [1.165, 1.54) is 0 Å². The van der Waals surface area contributed by atoms with Crippen molar-refractivity contribution in [1.29, 1.82) is 0 Å². The molecule has 1 unspecified atom stereocenters. The Labute approximate surface area is 95.6 Å². The molecule has 0 aromatic carbocycles. The van der Waals surface area contributed by atoms with Gasteiger partial charge in [-0.15, -0.1) is 0 Å². The summed E-state index contributed by atoms with van der Waals surface area (Å²) >= 11 is 0. The maximum Gasteiger partial charge on any atom is 0.250 e. The molecule has 0 saturated heterocycles. The summed E-state index contributed by atoms with van der Waals surface area (Å²) in [6, 6.07) is 5.57. The van der Waals surface area contributed by atoms with Gasteiger partial charge in [-0.3, -0.25) is 20.1 Å². The third-order valence-corrected chi connectivity index (χ3v) is 2.54. The lowest BCUT2D eigenvalue weighted by Gasteiger charge is -2.22. The molecule has 1 amide bonds. The summed E-state index contributed by atoms with van der Waals surface area (Å²) in [6.45, 7) is 4.37. The Hall–Kier alpha value is -1.46. The number of hydrazine groups is 1. The molecule has 0 aliphatic carbocycles. The van der Waals surface area contributed by atoms with E-state index in [1.807, 2.05) is 37.1 Å². The van der Waals surface area contributed by atoms with Gasteiger partial charge in [0, 0.05) is 12.2 Å². The Morgan fingerprint density at radius 1 is 1.62 bits per heavy atom. The molecule has 0 radical (unpaired) electrons. The van der Waals surface area contributed by atoms with Gasteiger partial charge < -0.3 is 0 Å². The van der Waals surface area contributed by atoms with Crippen LogP contribution < -0.4 is 11.3 Å². The summed E-state index contributed by atoms with van der Waals surface area (Å²) < 4.78 is 0. The predicted molar refractivity (Wildman–Crippen MR) is 62.2 cm³/mol. The SMILES string of the molecule is Cc1cccc(CN(C)C(C)C(=O)NN)n1. The zero-order valence-corrected chi connectivity index (χ0v) is 9.90. The van der Waals surface area contributed by atoms with Gasteiger partial charge in [-0.25, -0.2) is 5.84 Å². The van der Waals surface area contributed by atoms with Crippen molar-refractivity contribution in [2.24, 2.45) is 5.84 Å². The van der Waals surface area contributed by atoms with Crippen molar-refractivity contribution in [1.82, 2.24) is 15.3 Å². The van der Waals surface area contributed by atoms with Gasteiger partial charge in [-0.05, 0) is 33.0 Å². The molecule has 5 heteroatoms. The standard InChI is InChI=1S/C11H18N4O/c1-8-5-4-6-10(13-8)7-15(3)9(2)11(16)14-12/h4-6,9H,7,12H2,1-3H3,(H,14,16). The van der Waals surface area contributed by atoms with Gasteiger partial charge in [0.2, 0.25) is 0 Å². The minimum absolute atomic E-state index is 0.199. The highest BCUT2D eigenvalue weighted by atomic mass is 16.2. The first kappa shape index (κ1) is 12.6. The number of carbonyl (C=O) groups excluding carboxylic acids is 1. The molecule has 1 aromatic heterocycles. The van der Waals surface area contributed by atoms with Crippen LogP contribution in [-0.4, -0.2) is 28.9 Å². The maximum atomic E-state index is 11.3. The summed E-state index contributed by atoms with van der Waals surface area (Å²) in [5.41, 5.74) is 4.06. The Balaban J connectivity index is 2.64. The van der Waals surface area contributed by atoms with Gasteiger partial charge >= 0.3 is 0 Å². The number of aryl methyl sites for hydroxylation is 1. The van der Waals surface area contributed by atoms with Crippen LogP contribution in [0, 0.1) is 6.92 Å². The zero-order valence-electron chi connectivity index (χ0n) is 9.90. The molecule has 3 N–H and O–H groups in total. The Morgan fingerprint density at radius 3 is 2.88 bits per heavy atom. The minimum atomic E-state index is -0.271. The first-order valence-corrected chi connectivity index (χ1v) is 5.18. The van der Waals surface area contributed by atoms with Crippen LogP contribution in [0.15, 0.2) is 18.2 Å². The van der Waals surface area contributed by atoms with E-state index in [-0.39, 0.29) is 11.9 Å². The first-order chi connectivity index (χ1) is 7.54. The molecule has 1 atom stereocenters. The number of amides is 1. The molecule has 16 heavy (non-hydrogen) atoms. The van der Waals surface area contributed by atoms with Crippen molar-refractivity contribution in [2.75, 3.05) is 7.05 Å². The van der Waals surface area contributed by atoms with E-state index in [0.29, 0.717) is 6.54 Å². The van der Waals surface area contributed by atoms with Crippen LogP contribution >= 0.6 is 0 Å². The van der Waals surface area contributed by atoms with Gasteiger partial charge in [-0.2, -0.15) is 0 Å². The molecule has 0 aliphatic rings. The molecule has 0 fully saturated rings. The second kappa shape index (κ2) is 5.58. The second-order valence-electron chi connectivity index (χ2n) is 3.87. The summed E-state index contributed by atoms with van der Waals surface area (Å²) in [4.78, 5) is 17.6. The normalized spacial score (nSPS) is 12.6. The number of nitrogens with one attached hydrogen (secondary N) is 1. The topological polar surface area (TPSA) is 71.2 Å². The fourth-order valence-electron chi connectivity index (χ4n) is 1.40. The molecule has 1 heterocycles. The van der Waals surface area contributed by atoms with E-state index >= 15 is 0 Å². The number of likely N-dealkylation sites (N-methyl/N-ethyl adjacent to an activating group) is 1.